The van der Waals surface area contributed by atoms with Crippen LogP contribution >= 0.6 is 34.0 Å². The summed E-state index contributed by atoms with van der Waals surface area (Å²) in [5, 5.41) is 8.02. The smallest absolute Gasteiger partial charge is 0.236 e. The molecule has 0 atom stereocenters. The van der Waals surface area contributed by atoms with Gasteiger partial charge in [0.15, 0.2) is 0 Å². The molecule has 3 heterocycles. The number of nitrogens with zero attached hydrogens (tertiary/aromatic N) is 3. The maximum absolute atomic E-state index is 5.08. The van der Waals surface area contributed by atoms with Gasteiger partial charge in [-0.3, -0.25) is 0 Å². The molecule has 12 aromatic rings. The molecule has 0 aliphatic rings. The molecule has 0 unspecified atom stereocenters. The van der Waals surface area contributed by atoms with E-state index in [2.05, 4.69) is 194 Å². The fourth-order valence-electron chi connectivity index (χ4n) is 8.36. The third-order valence-electron chi connectivity index (χ3n) is 11.5. The number of rotatable bonds is 7. The minimum absolute atomic E-state index is 0.0206. The van der Waals surface area contributed by atoms with Gasteiger partial charge in [0.2, 0.25) is 6.71 Å². The van der Waals surface area contributed by atoms with Crippen LogP contribution in [-0.2, 0) is 0 Å². The van der Waals surface area contributed by atoms with Crippen LogP contribution < -0.4 is 16.4 Å². The number of hydrogen-bond acceptors (Lipinski definition) is 6. The summed E-state index contributed by atoms with van der Waals surface area (Å²) in [7, 11) is 0. The molecular formula is C53H32BN3S3. The van der Waals surface area contributed by atoms with Gasteiger partial charge in [-0.25, -0.2) is 15.0 Å². The highest BCUT2D eigenvalue weighted by Gasteiger charge is 2.23. The zero-order valence-electron chi connectivity index (χ0n) is 32.1. The highest BCUT2D eigenvalue weighted by atomic mass is 32.1. The molecule has 0 spiro atoms. The fourth-order valence-corrected chi connectivity index (χ4v) is 11.4. The van der Waals surface area contributed by atoms with E-state index in [0.29, 0.717) is 0 Å². The number of benzene rings is 9. The summed E-state index contributed by atoms with van der Waals surface area (Å²) < 4.78 is 3.60. The van der Waals surface area contributed by atoms with Gasteiger partial charge in [0.05, 0.1) is 30.6 Å². The maximum Gasteiger partial charge on any atom is 0.241 e. The number of aromatic nitrogens is 3. The minimum atomic E-state index is 0.0206. The highest BCUT2D eigenvalue weighted by molar-refractivity contribution is 7.22. The average Bonchev–Trinajstić information content (AvgIpc) is 4.05. The Morgan fingerprint density at radius 2 is 0.650 bits per heavy atom. The second-order valence-electron chi connectivity index (χ2n) is 15.2. The predicted molar refractivity (Wildman–Crippen MR) is 260 cm³/mol. The Morgan fingerprint density at radius 1 is 0.283 bits per heavy atom. The Labute approximate surface area is 359 Å². The van der Waals surface area contributed by atoms with E-state index in [1.165, 1.54) is 63.2 Å². The van der Waals surface area contributed by atoms with Gasteiger partial charge in [-0.05, 0) is 69.1 Å². The molecule has 280 valence electrons. The lowest BCUT2D eigenvalue weighted by Crippen LogP contribution is -2.51. The van der Waals surface area contributed by atoms with Gasteiger partial charge in [-0.1, -0.05) is 174 Å². The Hall–Kier alpha value is -6.77. The van der Waals surface area contributed by atoms with Crippen LogP contribution in [0, 0.1) is 0 Å². The van der Waals surface area contributed by atoms with Crippen LogP contribution in [0.5, 0.6) is 0 Å². The Bertz CT molecular complexity index is 3270. The molecule has 0 saturated heterocycles. The summed E-state index contributed by atoms with van der Waals surface area (Å²) in [5.74, 6) is 0. The summed E-state index contributed by atoms with van der Waals surface area (Å²) in [4.78, 5) is 15.2. The van der Waals surface area contributed by atoms with Crippen LogP contribution in [0.2, 0.25) is 0 Å². The zero-order valence-corrected chi connectivity index (χ0v) is 34.6. The SMILES string of the molecule is c1ccc(-c2ccc3nc(-c4ccc(B(c5ccc(-c6nc7cc8ccccc8cc7s6)cc5)c5ccc(-c6nc7cc8ccccc8cc7s6)cc5)cc4)sc3c2)cc1. The van der Waals surface area contributed by atoms with Crippen LogP contribution in [0.4, 0.5) is 0 Å². The normalized spacial score (nSPS) is 11.7. The van der Waals surface area contributed by atoms with Gasteiger partial charge >= 0.3 is 0 Å². The van der Waals surface area contributed by atoms with Crippen molar-refractivity contribution in [1.29, 1.82) is 0 Å². The van der Waals surface area contributed by atoms with Crippen molar-refractivity contribution < 1.29 is 0 Å². The van der Waals surface area contributed by atoms with Gasteiger partial charge in [-0.2, -0.15) is 0 Å². The van der Waals surface area contributed by atoms with E-state index < -0.39 is 0 Å². The summed E-state index contributed by atoms with van der Waals surface area (Å²) in [6.45, 7) is 0.0206. The van der Waals surface area contributed by atoms with Crippen LogP contribution in [-0.4, -0.2) is 21.7 Å². The zero-order chi connectivity index (χ0) is 39.6. The molecule has 0 N–H and O–H groups in total. The molecule has 0 saturated carbocycles. The lowest BCUT2D eigenvalue weighted by molar-refractivity contribution is 1.48. The summed E-state index contributed by atoms with van der Waals surface area (Å²) >= 11 is 5.25. The molecule has 3 aromatic heterocycles. The van der Waals surface area contributed by atoms with E-state index in [-0.39, 0.29) is 6.71 Å². The molecule has 0 amide bonds. The van der Waals surface area contributed by atoms with Crippen molar-refractivity contribution in [3.05, 3.63) is 194 Å². The van der Waals surface area contributed by atoms with Crippen LogP contribution in [0.15, 0.2) is 194 Å². The van der Waals surface area contributed by atoms with Gasteiger partial charge in [0.1, 0.15) is 15.0 Å². The molecule has 0 bridgehead atoms. The summed E-state index contributed by atoms with van der Waals surface area (Å²) in [6.07, 6.45) is 0. The molecule has 0 aliphatic carbocycles. The van der Waals surface area contributed by atoms with Crippen molar-refractivity contribution in [1.82, 2.24) is 15.0 Å². The van der Waals surface area contributed by atoms with Crippen molar-refractivity contribution in [2.45, 2.75) is 0 Å². The van der Waals surface area contributed by atoms with E-state index in [9.17, 15) is 0 Å². The second-order valence-corrected chi connectivity index (χ2v) is 18.3. The van der Waals surface area contributed by atoms with Crippen molar-refractivity contribution in [2.75, 3.05) is 0 Å². The first-order chi connectivity index (χ1) is 29.6. The van der Waals surface area contributed by atoms with E-state index >= 15 is 0 Å². The Balaban J connectivity index is 0.898. The molecule has 9 aromatic carbocycles. The topological polar surface area (TPSA) is 38.7 Å². The highest BCUT2D eigenvalue weighted by Crippen LogP contribution is 2.36. The molecule has 7 heteroatoms. The molecule has 3 nitrogen and oxygen atoms in total. The third kappa shape index (κ3) is 6.39. The molecule has 60 heavy (non-hydrogen) atoms. The van der Waals surface area contributed by atoms with Gasteiger partial charge in [0, 0.05) is 16.7 Å². The fraction of sp³-hybridized carbons (Fsp3) is 0. The lowest BCUT2D eigenvalue weighted by Gasteiger charge is -2.17. The van der Waals surface area contributed by atoms with E-state index in [0.717, 1.165) is 48.3 Å². The summed E-state index contributed by atoms with van der Waals surface area (Å²) in [6, 6.07) is 70.1. The second kappa shape index (κ2) is 14.5. The van der Waals surface area contributed by atoms with Crippen molar-refractivity contribution in [3.8, 4) is 42.8 Å². The van der Waals surface area contributed by atoms with Crippen molar-refractivity contribution in [2.24, 2.45) is 0 Å². The van der Waals surface area contributed by atoms with Gasteiger partial charge in [-0.15, -0.1) is 34.0 Å². The van der Waals surface area contributed by atoms with Crippen LogP contribution in [0.1, 0.15) is 0 Å². The predicted octanol–water partition coefficient (Wildman–Crippen LogP) is 13.0. The Kier molecular flexibility index (Phi) is 8.51. The first-order valence-corrected chi connectivity index (χ1v) is 22.5. The number of hydrogen-bond donors (Lipinski definition) is 0. The number of thiazole rings is 3. The van der Waals surface area contributed by atoms with Crippen molar-refractivity contribution in [3.63, 3.8) is 0 Å². The standard InChI is InChI=1S/C53H32BN3S3/c1-2-8-33(9-3-1)41-20-27-45-48(32-41)58-51(55-45)34-14-21-42(22-15-34)54(43-23-16-35(17-24-43)52-56-46-28-37-10-4-6-12-39(37)30-49(46)59-52)44-25-18-36(19-26-44)53-57-47-29-38-11-5-7-13-40(38)31-50(47)60-53/h1-32H. The van der Waals surface area contributed by atoms with Crippen LogP contribution in [0.3, 0.4) is 0 Å². The monoisotopic (exact) mass is 817 g/mol. The lowest BCUT2D eigenvalue weighted by atomic mass is 9.37. The average molecular weight is 818 g/mol. The van der Waals surface area contributed by atoms with Crippen LogP contribution in [0.25, 0.3) is 95.0 Å². The molecular weight excluding hydrogens is 786 g/mol. The van der Waals surface area contributed by atoms with E-state index in [4.69, 9.17) is 15.0 Å². The minimum Gasteiger partial charge on any atom is -0.236 e. The third-order valence-corrected chi connectivity index (χ3v) is 14.7. The molecule has 0 radical (unpaired) electrons. The molecule has 0 aliphatic heterocycles. The maximum atomic E-state index is 5.08. The van der Waals surface area contributed by atoms with Crippen molar-refractivity contribution >= 4 is 109 Å². The van der Waals surface area contributed by atoms with E-state index in [1.54, 1.807) is 34.0 Å². The number of fused-ring (bicyclic) bond motifs is 5. The first kappa shape index (κ1) is 35.2. The Morgan fingerprint density at radius 3 is 1.10 bits per heavy atom. The first-order valence-electron chi connectivity index (χ1n) is 20.0. The summed E-state index contributed by atoms with van der Waals surface area (Å²) in [5.41, 5.74) is 12.6. The van der Waals surface area contributed by atoms with E-state index in [1.807, 2.05) is 0 Å². The van der Waals surface area contributed by atoms with Gasteiger partial charge < -0.3 is 0 Å². The van der Waals surface area contributed by atoms with Gasteiger partial charge in [0.25, 0.3) is 0 Å². The molecule has 0 fully saturated rings. The largest absolute Gasteiger partial charge is 0.241 e. The quantitative estimate of drug-likeness (QED) is 0.150. The molecule has 12 rings (SSSR count).